The summed E-state index contributed by atoms with van der Waals surface area (Å²) in [6.45, 7) is 3.82. The molecule has 1 nitrogen and oxygen atoms in total. The lowest BCUT2D eigenvalue weighted by molar-refractivity contribution is -0.107. The molecule has 0 aromatic heterocycles. The van der Waals surface area contributed by atoms with Crippen molar-refractivity contribution in [2.24, 2.45) is 0 Å². The van der Waals surface area contributed by atoms with Gasteiger partial charge in [-0.3, -0.25) is 0 Å². The van der Waals surface area contributed by atoms with E-state index in [2.05, 4.69) is 22.5 Å². The maximum Gasteiger partial charge on any atom is 0.124 e. The van der Waals surface area contributed by atoms with Gasteiger partial charge >= 0.3 is 0 Å². The maximum absolute atomic E-state index is 10.2. The summed E-state index contributed by atoms with van der Waals surface area (Å²) >= 11 is 3.36. The highest BCUT2D eigenvalue weighted by Gasteiger charge is 1.96. The zero-order valence-electron chi connectivity index (χ0n) is 7.29. The number of hydrogen-bond donors (Lipinski definition) is 0. The average Bonchev–Trinajstić information content (AvgIpc) is 2.09. The van der Waals surface area contributed by atoms with Crippen molar-refractivity contribution in [3.05, 3.63) is 46.5 Å². The van der Waals surface area contributed by atoms with Crippen molar-refractivity contribution < 1.29 is 4.79 Å². The minimum absolute atomic E-state index is 0.454. The van der Waals surface area contributed by atoms with E-state index in [0.717, 1.165) is 22.8 Å². The molecule has 1 rings (SSSR count). The minimum atomic E-state index is 0.454. The Morgan fingerprint density at radius 3 is 2.54 bits per heavy atom. The monoisotopic (exact) mass is 238 g/mol. The molecule has 0 radical (unpaired) electrons. The molecule has 1 aromatic rings. The Labute approximate surface area is 86.6 Å². The van der Waals surface area contributed by atoms with E-state index in [-0.39, 0.29) is 0 Å². The molecule has 0 aliphatic rings. The molecule has 68 valence electrons. The first-order chi connectivity index (χ1) is 6.22. The first kappa shape index (κ1) is 10.2. The number of carbonyl (C=O) groups is 1. The Hall–Kier alpha value is -0.890. The number of allylic oxidation sites excluding steroid dienone is 1. The number of halogens is 1. The third-order valence-corrected chi connectivity index (χ3v) is 2.27. The molecule has 0 saturated carbocycles. The summed E-state index contributed by atoms with van der Waals surface area (Å²) in [7, 11) is 0. The molecule has 0 saturated heterocycles. The Morgan fingerprint density at radius 1 is 1.38 bits per heavy atom. The SMILES string of the molecule is C=C(CC=O)Cc1ccc(Br)cc1. The van der Waals surface area contributed by atoms with E-state index in [1.807, 2.05) is 24.3 Å². The van der Waals surface area contributed by atoms with E-state index in [4.69, 9.17) is 0 Å². The molecule has 0 atom stereocenters. The van der Waals surface area contributed by atoms with Gasteiger partial charge in [0.05, 0.1) is 0 Å². The third kappa shape index (κ3) is 3.55. The molecule has 0 amide bonds. The molecular formula is C11H11BrO. The quantitative estimate of drug-likeness (QED) is 0.582. The van der Waals surface area contributed by atoms with Crippen LogP contribution in [-0.4, -0.2) is 6.29 Å². The summed E-state index contributed by atoms with van der Waals surface area (Å²) in [5.41, 5.74) is 2.15. The van der Waals surface area contributed by atoms with Gasteiger partial charge in [0.25, 0.3) is 0 Å². The van der Waals surface area contributed by atoms with Crippen molar-refractivity contribution in [3.63, 3.8) is 0 Å². The second-order valence-electron chi connectivity index (χ2n) is 2.92. The second kappa shape index (κ2) is 4.97. The van der Waals surface area contributed by atoms with Crippen LogP contribution in [0.5, 0.6) is 0 Å². The predicted molar refractivity (Wildman–Crippen MR) is 57.7 cm³/mol. The number of hydrogen-bond acceptors (Lipinski definition) is 1. The van der Waals surface area contributed by atoms with E-state index in [9.17, 15) is 4.79 Å². The molecule has 0 N–H and O–H groups in total. The number of carbonyl (C=O) groups excluding carboxylic acids is 1. The Kier molecular flexibility index (Phi) is 3.90. The maximum atomic E-state index is 10.2. The smallest absolute Gasteiger partial charge is 0.124 e. The fraction of sp³-hybridized carbons (Fsp3) is 0.182. The first-order valence-electron chi connectivity index (χ1n) is 4.07. The van der Waals surface area contributed by atoms with Gasteiger partial charge in [0.1, 0.15) is 6.29 Å². The summed E-state index contributed by atoms with van der Waals surface area (Å²) in [4.78, 5) is 10.2. The van der Waals surface area contributed by atoms with Crippen molar-refractivity contribution in [3.8, 4) is 0 Å². The fourth-order valence-corrected chi connectivity index (χ4v) is 1.35. The highest BCUT2D eigenvalue weighted by Crippen LogP contribution is 2.13. The van der Waals surface area contributed by atoms with Gasteiger partial charge in [-0.2, -0.15) is 0 Å². The normalized spacial score (nSPS) is 9.62. The van der Waals surface area contributed by atoms with E-state index in [1.54, 1.807) is 0 Å². The van der Waals surface area contributed by atoms with E-state index < -0.39 is 0 Å². The van der Waals surface area contributed by atoms with Crippen LogP contribution in [0.1, 0.15) is 12.0 Å². The molecule has 0 heterocycles. The zero-order valence-corrected chi connectivity index (χ0v) is 8.88. The van der Waals surface area contributed by atoms with Crippen LogP contribution in [0.3, 0.4) is 0 Å². The topological polar surface area (TPSA) is 17.1 Å². The van der Waals surface area contributed by atoms with Crippen molar-refractivity contribution >= 4 is 22.2 Å². The predicted octanol–water partition coefficient (Wildman–Crippen LogP) is 3.14. The van der Waals surface area contributed by atoms with Gasteiger partial charge in [0.2, 0.25) is 0 Å². The van der Waals surface area contributed by atoms with Crippen LogP contribution in [0.4, 0.5) is 0 Å². The fourth-order valence-electron chi connectivity index (χ4n) is 1.08. The van der Waals surface area contributed by atoms with Crippen molar-refractivity contribution in [2.75, 3.05) is 0 Å². The van der Waals surface area contributed by atoms with Gasteiger partial charge in [-0.15, -0.1) is 0 Å². The van der Waals surface area contributed by atoms with Gasteiger partial charge in [-0.1, -0.05) is 40.2 Å². The number of benzene rings is 1. The number of rotatable bonds is 4. The van der Waals surface area contributed by atoms with E-state index in [0.29, 0.717) is 6.42 Å². The van der Waals surface area contributed by atoms with Gasteiger partial charge in [-0.25, -0.2) is 0 Å². The Balaban J connectivity index is 2.59. The van der Waals surface area contributed by atoms with Crippen molar-refractivity contribution in [1.29, 1.82) is 0 Å². The summed E-state index contributed by atoms with van der Waals surface area (Å²) < 4.78 is 1.07. The van der Waals surface area contributed by atoms with E-state index >= 15 is 0 Å². The highest BCUT2D eigenvalue weighted by atomic mass is 79.9. The highest BCUT2D eigenvalue weighted by molar-refractivity contribution is 9.10. The van der Waals surface area contributed by atoms with Crippen LogP contribution in [0.2, 0.25) is 0 Å². The minimum Gasteiger partial charge on any atom is -0.303 e. The van der Waals surface area contributed by atoms with Crippen LogP contribution in [0.15, 0.2) is 40.9 Å². The van der Waals surface area contributed by atoms with Crippen LogP contribution in [-0.2, 0) is 11.2 Å². The summed E-state index contributed by atoms with van der Waals surface area (Å²) in [6.07, 6.45) is 2.13. The van der Waals surface area contributed by atoms with Crippen LogP contribution in [0.25, 0.3) is 0 Å². The molecule has 0 spiro atoms. The largest absolute Gasteiger partial charge is 0.303 e. The molecule has 2 heteroatoms. The molecule has 1 aromatic carbocycles. The standard InChI is InChI=1S/C11H11BrO/c1-9(6-7-13)8-10-2-4-11(12)5-3-10/h2-5,7H,1,6,8H2. The van der Waals surface area contributed by atoms with Crippen molar-refractivity contribution in [2.45, 2.75) is 12.8 Å². The lowest BCUT2D eigenvalue weighted by Crippen LogP contribution is -1.89. The average molecular weight is 239 g/mol. The Bertz CT molecular complexity index is 300. The molecule has 0 fully saturated rings. The molecule has 0 bridgehead atoms. The van der Waals surface area contributed by atoms with Gasteiger partial charge < -0.3 is 4.79 Å². The van der Waals surface area contributed by atoms with E-state index in [1.165, 1.54) is 5.56 Å². The van der Waals surface area contributed by atoms with Crippen LogP contribution < -0.4 is 0 Å². The molecule has 0 aliphatic heterocycles. The molecule has 0 aliphatic carbocycles. The third-order valence-electron chi connectivity index (χ3n) is 1.74. The summed E-state index contributed by atoms with van der Waals surface area (Å²) in [6, 6.07) is 8.03. The van der Waals surface area contributed by atoms with Crippen LogP contribution in [0, 0.1) is 0 Å². The van der Waals surface area contributed by atoms with Crippen molar-refractivity contribution in [1.82, 2.24) is 0 Å². The van der Waals surface area contributed by atoms with Gasteiger partial charge in [-0.05, 0) is 24.1 Å². The lowest BCUT2D eigenvalue weighted by atomic mass is 10.1. The second-order valence-corrected chi connectivity index (χ2v) is 3.84. The molecule has 0 unspecified atom stereocenters. The Morgan fingerprint density at radius 2 is 2.00 bits per heavy atom. The van der Waals surface area contributed by atoms with Gasteiger partial charge in [0.15, 0.2) is 0 Å². The zero-order chi connectivity index (χ0) is 9.68. The number of aldehydes is 1. The first-order valence-corrected chi connectivity index (χ1v) is 4.86. The summed E-state index contributed by atoms with van der Waals surface area (Å²) in [5, 5.41) is 0. The molecular weight excluding hydrogens is 228 g/mol. The summed E-state index contributed by atoms with van der Waals surface area (Å²) in [5.74, 6) is 0. The lowest BCUT2D eigenvalue weighted by Gasteiger charge is -2.01. The van der Waals surface area contributed by atoms with Crippen LogP contribution >= 0.6 is 15.9 Å². The molecule has 13 heavy (non-hydrogen) atoms. The van der Waals surface area contributed by atoms with Gasteiger partial charge in [0, 0.05) is 10.9 Å².